The van der Waals surface area contributed by atoms with E-state index in [2.05, 4.69) is 26.2 Å². The normalized spacial score (nSPS) is 22.4. The number of carboxylic acid groups (broad SMARTS) is 1. The second-order valence-electron chi connectivity index (χ2n) is 4.59. The number of carbonyl (C=O) groups excluding carboxylic acids is 1. The number of anilines is 1. The summed E-state index contributed by atoms with van der Waals surface area (Å²) < 4.78 is 15.3. The molecule has 6 nitrogen and oxygen atoms in total. The quantitative estimate of drug-likeness (QED) is 0.861. The van der Waals surface area contributed by atoms with Crippen LogP contribution in [-0.4, -0.2) is 45.7 Å². The van der Waals surface area contributed by atoms with E-state index in [0.717, 1.165) is 9.37 Å². The molecular weight excluding hydrogens is 333 g/mol. The van der Waals surface area contributed by atoms with Crippen molar-refractivity contribution in [1.82, 2.24) is 9.88 Å². The summed E-state index contributed by atoms with van der Waals surface area (Å²) in [7, 11) is 0. The van der Waals surface area contributed by atoms with Crippen LogP contribution in [0.1, 0.15) is 12.8 Å². The zero-order chi connectivity index (χ0) is 14.8. The number of pyridine rings is 1. The van der Waals surface area contributed by atoms with Crippen molar-refractivity contribution >= 4 is 33.7 Å². The Labute approximate surface area is 123 Å². The fourth-order valence-corrected chi connectivity index (χ4v) is 2.27. The molecule has 0 spiro atoms. The minimum absolute atomic E-state index is 0.000852. The number of rotatable bonds is 2. The van der Waals surface area contributed by atoms with Gasteiger partial charge in [-0.05, 0) is 40.9 Å². The van der Waals surface area contributed by atoms with Crippen LogP contribution in [0.4, 0.5) is 15.0 Å². The maximum Gasteiger partial charge on any atom is 0.407 e. The van der Waals surface area contributed by atoms with E-state index >= 15 is 0 Å². The number of nitrogens with zero attached hydrogens (tertiary/aromatic N) is 2. The highest BCUT2D eigenvalue weighted by Gasteiger charge is 2.44. The first kappa shape index (κ1) is 14.7. The van der Waals surface area contributed by atoms with E-state index in [0.29, 0.717) is 6.42 Å². The Morgan fingerprint density at radius 2 is 2.25 bits per heavy atom. The Balaban J connectivity index is 2.07. The number of amides is 2. The second kappa shape index (κ2) is 5.74. The molecule has 1 aromatic heterocycles. The molecule has 2 heterocycles. The Morgan fingerprint density at radius 1 is 1.50 bits per heavy atom. The Bertz CT molecular complexity index is 525. The molecule has 0 saturated carbocycles. The first-order valence-electron chi connectivity index (χ1n) is 6.00. The van der Waals surface area contributed by atoms with Crippen molar-refractivity contribution < 1.29 is 19.1 Å². The van der Waals surface area contributed by atoms with Crippen molar-refractivity contribution in [2.45, 2.75) is 18.5 Å². The van der Waals surface area contributed by atoms with Crippen molar-refractivity contribution in [1.29, 1.82) is 0 Å². The van der Waals surface area contributed by atoms with Gasteiger partial charge < -0.3 is 15.3 Å². The maximum atomic E-state index is 14.6. The van der Waals surface area contributed by atoms with Gasteiger partial charge in [-0.2, -0.15) is 0 Å². The molecule has 1 aromatic rings. The van der Waals surface area contributed by atoms with Gasteiger partial charge in [-0.15, -0.1) is 0 Å². The molecule has 8 heteroatoms. The molecule has 1 saturated heterocycles. The average molecular weight is 346 g/mol. The van der Waals surface area contributed by atoms with Crippen LogP contribution >= 0.6 is 15.9 Å². The van der Waals surface area contributed by atoms with Crippen molar-refractivity contribution in [3.63, 3.8) is 0 Å². The maximum absolute atomic E-state index is 14.6. The molecule has 1 atom stereocenters. The van der Waals surface area contributed by atoms with Gasteiger partial charge in [0.25, 0.3) is 5.91 Å². The molecule has 2 rings (SSSR count). The Kier molecular flexibility index (Phi) is 4.22. The molecule has 0 aromatic carbocycles. The van der Waals surface area contributed by atoms with Crippen LogP contribution in [0.3, 0.4) is 0 Å². The summed E-state index contributed by atoms with van der Waals surface area (Å²) in [6.07, 6.45) is 0.565. The molecule has 1 aliphatic rings. The predicted octanol–water partition coefficient (Wildman–Crippen LogP) is 2.26. The van der Waals surface area contributed by atoms with E-state index < -0.39 is 24.2 Å². The first-order valence-corrected chi connectivity index (χ1v) is 6.80. The smallest absolute Gasteiger partial charge is 0.407 e. The van der Waals surface area contributed by atoms with Crippen LogP contribution in [0.5, 0.6) is 0 Å². The number of likely N-dealkylation sites (tertiary alicyclic amines) is 1. The molecule has 20 heavy (non-hydrogen) atoms. The molecule has 0 radical (unpaired) electrons. The molecule has 0 unspecified atom stereocenters. The zero-order valence-corrected chi connectivity index (χ0v) is 12.1. The van der Waals surface area contributed by atoms with Crippen LogP contribution in [0, 0.1) is 0 Å². The van der Waals surface area contributed by atoms with Gasteiger partial charge in [0.2, 0.25) is 5.67 Å². The monoisotopic (exact) mass is 345 g/mol. The number of hydrogen-bond donors (Lipinski definition) is 2. The molecule has 0 bridgehead atoms. The van der Waals surface area contributed by atoms with E-state index in [4.69, 9.17) is 5.11 Å². The van der Waals surface area contributed by atoms with E-state index in [-0.39, 0.29) is 18.8 Å². The summed E-state index contributed by atoms with van der Waals surface area (Å²) >= 11 is 3.20. The third kappa shape index (κ3) is 3.24. The van der Waals surface area contributed by atoms with Crippen LogP contribution in [0.15, 0.2) is 22.8 Å². The third-order valence-corrected chi connectivity index (χ3v) is 3.56. The number of alkyl halides is 1. The Morgan fingerprint density at radius 3 is 2.85 bits per heavy atom. The molecule has 0 aliphatic carbocycles. The number of aromatic nitrogens is 1. The predicted molar refractivity (Wildman–Crippen MR) is 73.2 cm³/mol. The minimum Gasteiger partial charge on any atom is -0.465 e. The largest absolute Gasteiger partial charge is 0.465 e. The number of halogens is 2. The van der Waals surface area contributed by atoms with Gasteiger partial charge in [0.1, 0.15) is 5.82 Å². The lowest BCUT2D eigenvalue weighted by Gasteiger charge is -2.34. The van der Waals surface area contributed by atoms with Gasteiger partial charge in [-0.3, -0.25) is 4.79 Å². The summed E-state index contributed by atoms with van der Waals surface area (Å²) in [4.78, 5) is 27.7. The van der Waals surface area contributed by atoms with Gasteiger partial charge in [-0.1, -0.05) is 0 Å². The highest BCUT2D eigenvalue weighted by atomic mass is 79.9. The molecular formula is C12H13BrFN3O3. The van der Waals surface area contributed by atoms with Crippen molar-refractivity contribution in [2.75, 3.05) is 18.4 Å². The van der Waals surface area contributed by atoms with Crippen molar-refractivity contribution in [3.05, 3.63) is 22.8 Å². The van der Waals surface area contributed by atoms with E-state index in [9.17, 15) is 14.0 Å². The average Bonchev–Trinajstić information content (AvgIpc) is 2.41. The lowest BCUT2D eigenvalue weighted by atomic mass is 9.94. The van der Waals surface area contributed by atoms with Crippen LogP contribution < -0.4 is 5.32 Å². The van der Waals surface area contributed by atoms with Crippen molar-refractivity contribution in [2.24, 2.45) is 0 Å². The van der Waals surface area contributed by atoms with E-state index in [1.807, 2.05) is 0 Å². The highest BCUT2D eigenvalue weighted by Crippen LogP contribution is 2.27. The topological polar surface area (TPSA) is 82.5 Å². The SMILES string of the molecule is O=C(O)N1CCC[C@](F)(C(=O)Nc2ccc(Br)cn2)C1. The minimum atomic E-state index is -2.22. The fraction of sp³-hybridized carbons (Fsp3) is 0.417. The van der Waals surface area contributed by atoms with Gasteiger partial charge in [0, 0.05) is 17.2 Å². The lowest BCUT2D eigenvalue weighted by molar-refractivity contribution is -0.130. The van der Waals surface area contributed by atoms with Gasteiger partial charge >= 0.3 is 6.09 Å². The van der Waals surface area contributed by atoms with E-state index in [1.54, 1.807) is 6.07 Å². The molecule has 108 valence electrons. The number of carbonyl (C=O) groups is 2. The lowest BCUT2D eigenvalue weighted by Crippen LogP contribution is -2.53. The van der Waals surface area contributed by atoms with Gasteiger partial charge in [-0.25, -0.2) is 14.2 Å². The summed E-state index contributed by atoms with van der Waals surface area (Å²) in [5.41, 5.74) is -2.22. The fourth-order valence-electron chi connectivity index (χ4n) is 2.04. The number of nitrogens with one attached hydrogen (secondary N) is 1. The van der Waals surface area contributed by atoms with Crippen LogP contribution in [0.2, 0.25) is 0 Å². The summed E-state index contributed by atoms with van der Waals surface area (Å²) in [5, 5.41) is 11.3. The van der Waals surface area contributed by atoms with Crippen LogP contribution in [0.25, 0.3) is 0 Å². The molecule has 2 amide bonds. The Hall–Kier alpha value is -1.70. The van der Waals surface area contributed by atoms with Crippen molar-refractivity contribution in [3.8, 4) is 0 Å². The molecule has 1 aliphatic heterocycles. The molecule has 2 N–H and O–H groups in total. The first-order chi connectivity index (χ1) is 9.40. The summed E-state index contributed by atoms with van der Waals surface area (Å²) in [6, 6.07) is 3.20. The number of hydrogen-bond acceptors (Lipinski definition) is 3. The van der Waals surface area contributed by atoms with Crippen LogP contribution in [-0.2, 0) is 4.79 Å². The summed E-state index contributed by atoms with van der Waals surface area (Å²) in [6.45, 7) is -0.213. The van der Waals surface area contributed by atoms with Gasteiger partial charge in [0.05, 0.1) is 6.54 Å². The standard InChI is InChI=1S/C12H13BrFN3O3/c13-8-2-3-9(15-6-8)16-10(18)12(14)4-1-5-17(7-12)11(19)20/h2-3,6H,1,4-5,7H2,(H,19,20)(H,15,16,18)/t12-/m1/s1. The van der Waals surface area contributed by atoms with Gasteiger partial charge in [0.15, 0.2) is 0 Å². The van der Waals surface area contributed by atoms with E-state index in [1.165, 1.54) is 12.3 Å². The molecule has 1 fully saturated rings. The zero-order valence-electron chi connectivity index (χ0n) is 10.5. The third-order valence-electron chi connectivity index (χ3n) is 3.09. The summed E-state index contributed by atoms with van der Waals surface area (Å²) in [5.74, 6) is -0.638. The second-order valence-corrected chi connectivity index (χ2v) is 5.50. The highest BCUT2D eigenvalue weighted by molar-refractivity contribution is 9.10. The number of piperidine rings is 1.